The first-order valence-corrected chi connectivity index (χ1v) is 12.5. The van der Waals surface area contributed by atoms with E-state index in [4.69, 9.17) is 8.85 Å². The first kappa shape index (κ1) is 13.2. The molecule has 2 nitrogen and oxygen atoms in total. The Morgan fingerprint density at radius 1 is 0.933 bits per heavy atom. The van der Waals surface area contributed by atoms with Crippen molar-refractivity contribution < 1.29 is 8.85 Å². The van der Waals surface area contributed by atoms with E-state index < -0.39 is 16.6 Å². The van der Waals surface area contributed by atoms with Crippen LogP contribution in [0.1, 0.15) is 6.42 Å². The minimum Gasteiger partial charge on any atom is -0.411 e. The number of hydrogen-bond donors (Lipinski definition) is 0. The van der Waals surface area contributed by atoms with Gasteiger partial charge in [0.25, 0.3) is 0 Å². The molecule has 0 N–H and O–H groups in total. The van der Waals surface area contributed by atoms with Gasteiger partial charge in [0.15, 0.2) is 16.6 Å². The molecule has 0 spiro atoms. The Kier molecular flexibility index (Phi) is 3.97. The molecule has 4 heteroatoms. The second kappa shape index (κ2) is 4.53. The molecule has 1 aliphatic carbocycles. The Morgan fingerprint density at radius 2 is 1.47 bits per heavy atom. The highest BCUT2D eigenvalue weighted by Gasteiger charge is 2.32. The third-order valence-electron chi connectivity index (χ3n) is 2.06. The molecule has 0 fully saturated rings. The van der Waals surface area contributed by atoms with Gasteiger partial charge in [-0.25, -0.2) is 0 Å². The van der Waals surface area contributed by atoms with Crippen LogP contribution < -0.4 is 0 Å². The molecule has 0 aromatic carbocycles. The van der Waals surface area contributed by atoms with Crippen molar-refractivity contribution in [2.24, 2.45) is 0 Å². The van der Waals surface area contributed by atoms with Crippen molar-refractivity contribution >= 4 is 16.6 Å². The predicted molar refractivity (Wildman–Crippen MR) is 70.2 cm³/mol. The molecule has 0 heterocycles. The third-order valence-corrected chi connectivity index (χ3v) is 4.04. The molecule has 0 aromatic rings. The van der Waals surface area contributed by atoms with Crippen LogP contribution in [0.25, 0.3) is 0 Å². The van der Waals surface area contributed by atoms with E-state index in [0.29, 0.717) is 0 Å². The van der Waals surface area contributed by atoms with Gasteiger partial charge >= 0.3 is 0 Å². The molecule has 2 unspecified atom stereocenters. The molecule has 0 aromatic heterocycles. The van der Waals surface area contributed by atoms with Crippen LogP contribution in [0.2, 0.25) is 39.3 Å². The smallest absolute Gasteiger partial charge is 0.184 e. The molecule has 0 saturated carbocycles. The topological polar surface area (TPSA) is 18.5 Å². The minimum absolute atomic E-state index is 0.198. The van der Waals surface area contributed by atoms with Crippen LogP contribution in [-0.2, 0) is 8.85 Å². The monoisotopic (exact) mass is 244 g/mol. The summed E-state index contributed by atoms with van der Waals surface area (Å²) >= 11 is 0. The Morgan fingerprint density at radius 3 is 1.93 bits per heavy atom. The summed E-state index contributed by atoms with van der Waals surface area (Å²) in [5, 5.41) is 0. The SMILES string of the molecule is C[Si](C)(C)OC1C=CCC1O[Si](C)(C)C. The summed E-state index contributed by atoms with van der Waals surface area (Å²) in [5.41, 5.74) is 0. The van der Waals surface area contributed by atoms with E-state index in [0.717, 1.165) is 6.42 Å². The second-order valence-corrected chi connectivity index (χ2v) is 15.0. The lowest BCUT2D eigenvalue weighted by molar-refractivity contribution is 0.0851. The molecule has 88 valence electrons. The molecule has 0 aliphatic heterocycles. The van der Waals surface area contributed by atoms with E-state index in [9.17, 15) is 0 Å². The lowest BCUT2D eigenvalue weighted by atomic mass is 10.2. The Hall–Kier alpha value is 0.0938. The zero-order chi connectivity index (χ0) is 11.7. The van der Waals surface area contributed by atoms with Crippen molar-refractivity contribution in [3.63, 3.8) is 0 Å². The Labute approximate surface area is 95.9 Å². The number of hydrogen-bond acceptors (Lipinski definition) is 2. The van der Waals surface area contributed by atoms with Gasteiger partial charge in [-0.2, -0.15) is 0 Å². The highest BCUT2D eigenvalue weighted by molar-refractivity contribution is 6.70. The van der Waals surface area contributed by atoms with E-state index in [1.165, 1.54) is 0 Å². The molecule has 2 atom stereocenters. The van der Waals surface area contributed by atoms with E-state index in [-0.39, 0.29) is 12.2 Å². The van der Waals surface area contributed by atoms with Gasteiger partial charge in [-0.3, -0.25) is 0 Å². The normalized spacial score (nSPS) is 27.3. The fourth-order valence-electron chi connectivity index (χ4n) is 1.70. The summed E-state index contributed by atoms with van der Waals surface area (Å²) in [7, 11) is -2.90. The Balaban J connectivity index is 2.53. The van der Waals surface area contributed by atoms with Crippen molar-refractivity contribution in [3.05, 3.63) is 12.2 Å². The zero-order valence-electron chi connectivity index (χ0n) is 10.8. The summed E-state index contributed by atoms with van der Waals surface area (Å²) < 4.78 is 12.2. The van der Waals surface area contributed by atoms with Gasteiger partial charge in [0.2, 0.25) is 0 Å². The van der Waals surface area contributed by atoms with Gasteiger partial charge in [0.1, 0.15) is 0 Å². The minimum atomic E-state index is -1.46. The molecule has 15 heavy (non-hydrogen) atoms. The maximum Gasteiger partial charge on any atom is 0.184 e. The second-order valence-electron chi connectivity index (χ2n) is 6.13. The van der Waals surface area contributed by atoms with Crippen molar-refractivity contribution in [1.82, 2.24) is 0 Å². The molecule has 0 bridgehead atoms. The van der Waals surface area contributed by atoms with Crippen molar-refractivity contribution in [1.29, 1.82) is 0 Å². The van der Waals surface area contributed by atoms with Gasteiger partial charge in [0.05, 0.1) is 12.2 Å². The molecule has 1 rings (SSSR count). The van der Waals surface area contributed by atoms with Crippen LogP contribution in [-0.4, -0.2) is 28.8 Å². The quantitative estimate of drug-likeness (QED) is 0.557. The summed E-state index contributed by atoms with van der Waals surface area (Å²) in [4.78, 5) is 0. The predicted octanol–water partition coefficient (Wildman–Crippen LogP) is 3.39. The van der Waals surface area contributed by atoms with Crippen LogP contribution in [0.3, 0.4) is 0 Å². The van der Waals surface area contributed by atoms with Crippen LogP contribution >= 0.6 is 0 Å². The summed E-state index contributed by atoms with van der Waals surface area (Å²) in [6, 6.07) is 0. The molecule has 1 aliphatic rings. The van der Waals surface area contributed by atoms with Crippen LogP contribution in [0, 0.1) is 0 Å². The summed E-state index contributed by atoms with van der Waals surface area (Å²) in [5.74, 6) is 0. The maximum absolute atomic E-state index is 6.13. The summed E-state index contributed by atoms with van der Waals surface area (Å²) in [6.45, 7) is 13.4. The lowest BCUT2D eigenvalue weighted by Crippen LogP contribution is -2.41. The molecule has 0 saturated heterocycles. The fourth-order valence-corrected chi connectivity index (χ4v) is 3.88. The van der Waals surface area contributed by atoms with E-state index >= 15 is 0 Å². The maximum atomic E-state index is 6.13. The third kappa shape index (κ3) is 5.11. The first-order chi connectivity index (χ1) is 6.67. The van der Waals surface area contributed by atoms with E-state index in [2.05, 4.69) is 51.4 Å². The molecule has 0 radical (unpaired) electrons. The van der Waals surface area contributed by atoms with Crippen LogP contribution in [0.4, 0.5) is 0 Å². The fraction of sp³-hybridized carbons (Fsp3) is 0.818. The highest BCUT2D eigenvalue weighted by atomic mass is 28.4. The lowest BCUT2D eigenvalue weighted by Gasteiger charge is -2.31. The van der Waals surface area contributed by atoms with E-state index in [1.54, 1.807) is 0 Å². The zero-order valence-corrected chi connectivity index (χ0v) is 12.8. The summed E-state index contributed by atoms with van der Waals surface area (Å²) in [6.07, 6.45) is 5.84. The molecular weight excluding hydrogens is 220 g/mol. The largest absolute Gasteiger partial charge is 0.411 e. The van der Waals surface area contributed by atoms with Crippen LogP contribution in [0.15, 0.2) is 12.2 Å². The van der Waals surface area contributed by atoms with Gasteiger partial charge in [-0.15, -0.1) is 0 Å². The van der Waals surface area contributed by atoms with Crippen molar-refractivity contribution in [2.75, 3.05) is 0 Å². The van der Waals surface area contributed by atoms with Crippen molar-refractivity contribution in [3.8, 4) is 0 Å². The van der Waals surface area contributed by atoms with Gasteiger partial charge in [-0.05, 0) is 45.7 Å². The average Bonchev–Trinajstić information content (AvgIpc) is 2.29. The molecule has 0 amide bonds. The Bertz CT molecular complexity index is 238. The van der Waals surface area contributed by atoms with Gasteiger partial charge in [-0.1, -0.05) is 12.2 Å². The first-order valence-electron chi connectivity index (χ1n) is 5.70. The van der Waals surface area contributed by atoms with Gasteiger partial charge < -0.3 is 8.85 Å². The van der Waals surface area contributed by atoms with Gasteiger partial charge in [0, 0.05) is 0 Å². The standard InChI is InChI=1S/C11H24O2Si2/c1-14(2,3)12-10-8-7-9-11(10)13-15(4,5)6/h7-8,10-11H,9H2,1-6H3. The highest BCUT2D eigenvalue weighted by Crippen LogP contribution is 2.24. The van der Waals surface area contributed by atoms with E-state index in [1.807, 2.05) is 0 Å². The average molecular weight is 244 g/mol. The van der Waals surface area contributed by atoms with Crippen LogP contribution in [0.5, 0.6) is 0 Å². The van der Waals surface area contributed by atoms with Crippen molar-refractivity contribution in [2.45, 2.75) is 57.9 Å². The number of rotatable bonds is 4. The molecular formula is C11H24O2Si2.